The largest absolute Gasteiger partial charge is 0.311 e. The third-order valence-corrected chi connectivity index (χ3v) is 2.66. The third kappa shape index (κ3) is 2.99. The van der Waals surface area contributed by atoms with Crippen LogP contribution in [0.4, 0.5) is 5.69 Å². The Labute approximate surface area is 102 Å². The second-order valence-electron chi connectivity index (χ2n) is 4.15. The van der Waals surface area contributed by atoms with Gasteiger partial charge in [-0.05, 0) is 31.9 Å². The Morgan fingerprint density at radius 3 is 2.25 bits per heavy atom. The van der Waals surface area contributed by atoms with Gasteiger partial charge in [0.15, 0.2) is 0 Å². The van der Waals surface area contributed by atoms with Crippen LogP contribution in [-0.2, 0) is 4.79 Å². The lowest BCUT2D eigenvalue weighted by molar-refractivity contribution is -0.116. The Morgan fingerprint density at radius 2 is 1.88 bits per heavy atom. The number of aryl methyl sites for hydroxylation is 2. The Bertz CT molecular complexity index is 367. The van der Waals surface area contributed by atoms with Crippen molar-refractivity contribution in [2.75, 3.05) is 11.4 Å². The molecule has 2 nitrogen and oxygen atoms in total. The van der Waals surface area contributed by atoms with Crippen molar-refractivity contribution in [1.82, 2.24) is 0 Å². The number of hydrogen-bond donors (Lipinski definition) is 0. The SMILES string of the molecule is CC(=O)N(CC(C)Cl)c1c(C)cccc1C. The van der Waals surface area contributed by atoms with Crippen molar-refractivity contribution in [2.45, 2.75) is 33.1 Å². The highest BCUT2D eigenvalue weighted by Gasteiger charge is 2.17. The predicted octanol–water partition coefficient (Wildman–Crippen LogP) is 3.28. The van der Waals surface area contributed by atoms with E-state index in [1.807, 2.05) is 39.0 Å². The molecule has 1 aromatic carbocycles. The monoisotopic (exact) mass is 239 g/mol. The van der Waals surface area contributed by atoms with Gasteiger partial charge in [-0.2, -0.15) is 0 Å². The van der Waals surface area contributed by atoms with E-state index in [2.05, 4.69) is 0 Å². The maximum atomic E-state index is 11.7. The molecule has 1 amide bonds. The highest BCUT2D eigenvalue weighted by molar-refractivity contribution is 6.21. The zero-order valence-electron chi connectivity index (χ0n) is 10.2. The standard InChI is InChI=1S/C13H18ClNO/c1-9-6-5-7-10(2)13(9)15(12(4)16)8-11(3)14/h5-7,11H,8H2,1-4H3. The van der Waals surface area contributed by atoms with Gasteiger partial charge in [0, 0.05) is 24.5 Å². The van der Waals surface area contributed by atoms with Gasteiger partial charge < -0.3 is 4.90 Å². The molecule has 0 spiro atoms. The zero-order valence-corrected chi connectivity index (χ0v) is 11.0. The number of nitrogens with zero attached hydrogens (tertiary/aromatic N) is 1. The van der Waals surface area contributed by atoms with Crippen LogP contribution in [0.5, 0.6) is 0 Å². The van der Waals surface area contributed by atoms with Gasteiger partial charge in [0.2, 0.25) is 5.91 Å². The number of halogens is 1. The van der Waals surface area contributed by atoms with Crippen LogP contribution in [0.3, 0.4) is 0 Å². The van der Waals surface area contributed by atoms with Crippen LogP contribution in [0.2, 0.25) is 0 Å². The molecule has 0 aliphatic rings. The topological polar surface area (TPSA) is 20.3 Å². The van der Waals surface area contributed by atoms with Crippen LogP contribution in [-0.4, -0.2) is 17.8 Å². The molecule has 0 fully saturated rings. The van der Waals surface area contributed by atoms with Crippen LogP contribution in [0.15, 0.2) is 18.2 Å². The number of rotatable bonds is 3. The summed E-state index contributed by atoms with van der Waals surface area (Å²) < 4.78 is 0. The van der Waals surface area contributed by atoms with E-state index in [9.17, 15) is 4.79 Å². The van der Waals surface area contributed by atoms with Gasteiger partial charge in [0.1, 0.15) is 0 Å². The summed E-state index contributed by atoms with van der Waals surface area (Å²) in [5, 5.41) is -0.0529. The molecule has 0 radical (unpaired) electrons. The van der Waals surface area contributed by atoms with Crippen LogP contribution >= 0.6 is 11.6 Å². The van der Waals surface area contributed by atoms with Crippen molar-refractivity contribution in [3.05, 3.63) is 29.3 Å². The summed E-state index contributed by atoms with van der Waals surface area (Å²) in [7, 11) is 0. The lowest BCUT2D eigenvalue weighted by atomic mass is 10.1. The molecule has 0 aliphatic carbocycles. The molecule has 0 aromatic heterocycles. The molecule has 88 valence electrons. The Balaban J connectivity index is 3.15. The average Bonchev–Trinajstić information content (AvgIpc) is 2.15. The molecule has 0 saturated carbocycles. The van der Waals surface area contributed by atoms with E-state index in [4.69, 9.17) is 11.6 Å². The fourth-order valence-corrected chi connectivity index (χ4v) is 2.00. The number of hydrogen-bond acceptors (Lipinski definition) is 1. The normalized spacial score (nSPS) is 12.3. The molecule has 1 rings (SSSR count). The smallest absolute Gasteiger partial charge is 0.223 e. The van der Waals surface area contributed by atoms with Crippen molar-refractivity contribution in [1.29, 1.82) is 0 Å². The Hall–Kier alpha value is -1.02. The predicted molar refractivity (Wildman–Crippen MR) is 69.3 cm³/mol. The van der Waals surface area contributed by atoms with E-state index in [1.165, 1.54) is 0 Å². The fourth-order valence-electron chi connectivity index (χ4n) is 1.86. The number of anilines is 1. The minimum absolute atomic E-state index is 0.0323. The maximum Gasteiger partial charge on any atom is 0.223 e. The van der Waals surface area contributed by atoms with Crippen LogP contribution in [0, 0.1) is 13.8 Å². The summed E-state index contributed by atoms with van der Waals surface area (Å²) in [6, 6.07) is 6.02. The van der Waals surface area contributed by atoms with Crippen LogP contribution in [0.1, 0.15) is 25.0 Å². The number of benzene rings is 1. The molecule has 0 aliphatic heterocycles. The molecule has 1 aromatic rings. The summed E-state index contributed by atoms with van der Waals surface area (Å²) >= 11 is 5.98. The van der Waals surface area contributed by atoms with Gasteiger partial charge in [-0.1, -0.05) is 18.2 Å². The van der Waals surface area contributed by atoms with Gasteiger partial charge in [-0.3, -0.25) is 4.79 Å². The van der Waals surface area contributed by atoms with Crippen molar-refractivity contribution in [3.8, 4) is 0 Å². The van der Waals surface area contributed by atoms with Crippen molar-refractivity contribution < 1.29 is 4.79 Å². The third-order valence-electron chi connectivity index (χ3n) is 2.52. The number of carbonyl (C=O) groups excluding carboxylic acids is 1. The highest BCUT2D eigenvalue weighted by Crippen LogP contribution is 2.25. The number of alkyl halides is 1. The number of amides is 1. The Morgan fingerprint density at radius 1 is 1.38 bits per heavy atom. The first-order valence-electron chi connectivity index (χ1n) is 5.42. The molecule has 0 bridgehead atoms. The zero-order chi connectivity index (χ0) is 12.3. The second-order valence-corrected chi connectivity index (χ2v) is 4.90. The molecule has 0 heterocycles. The second kappa shape index (κ2) is 5.35. The molecule has 3 heteroatoms. The molecule has 1 unspecified atom stereocenters. The first-order chi connectivity index (χ1) is 7.43. The van der Waals surface area contributed by atoms with Crippen LogP contribution in [0.25, 0.3) is 0 Å². The quantitative estimate of drug-likeness (QED) is 0.742. The Kier molecular flexibility index (Phi) is 4.36. The van der Waals surface area contributed by atoms with Crippen LogP contribution < -0.4 is 4.90 Å². The first-order valence-corrected chi connectivity index (χ1v) is 5.85. The highest BCUT2D eigenvalue weighted by atomic mass is 35.5. The van der Waals surface area contributed by atoms with Gasteiger partial charge in [-0.25, -0.2) is 0 Å². The minimum atomic E-state index is -0.0529. The number of carbonyl (C=O) groups is 1. The van der Waals surface area contributed by atoms with E-state index in [-0.39, 0.29) is 11.3 Å². The molecule has 0 saturated heterocycles. The van der Waals surface area contributed by atoms with E-state index in [0.29, 0.717) is 6.54 Å². The van der Waals surface area contributed by atoms with Crippen molar-refractivity contribution >= 4 is 23.2 Å². The first kappa shape index (κ1) is 13.0. The summed E-state index contributed by atoms with van der Waals surface area (Å²) in [6.45, 7) is 8.03. The minimum Gasteiger partial charge on any atom is -0.311 e. The van der Waals surface area contributed by atoms with E-state index in [0.717, 1.165) is 16.8 Å². The molecular weight excluding hydrogens is 222 g/mol. The van der Waals surface area contributed by atoms with Gasteiger partial charge in [0.05, 0.1) is 0 Å². The molecular formula is C13H18ClNO. The molecule has 0 N–H and O–H groups in total. The summed E-state index contributed by atoms with van der Waals surface area (Å²) in [5.41, 5.74) is 3.20. The van der Waals surface area contributed by atoms with Crippen molar-refractivity contribution in [2.24, 2.45) is 0 Å². The summed E-state index contributed by atoms with van der Waals surface area (Å²) in [6.07, 6.45) is 0. The lowest BCUT2D eigenvalue weighted by Crippen LogP contribution is -2.34. The molecule has 1 atom stereocenters. The summed E-state index contributed by atoms with van der Waals surface area (Å²) in [4.78, 5) is 13.4. The average molecular weight is 240 g/mol. The summed E-state index contributed by atoms with van der Waals surface area (Å²) in [5.74, 6) is 0.0323. The lowest BCUT2D eigenvalue weighted by Gasteiger charge is -2.26. The van der Waals surface area contributed by atoms with E-state index < -0.39 is 0 Å². The van der Waals surface area contributed by atoms with E-state index >= 15 is 0 Å². The van der Waals surface area contributed by atoms with Gasteiger partial charge in [-0.15, -0.1) is 11.6 Å². The van der Waals surface area contributed by atoms with Gasteiger partial charge >= 0.3 is 0 Å². The molecule has 16 heavy (non-hydrogen) atoms. The van der Waals surface area contributed by atoms with E-state index in [1.54, 1.807) is 11.8 Å². The number of para-hydroxylation sites is 1. The van der Waals surface area contributed by atoms with Crippen molar-refractivity contribution in [3.63, 3.8) is 0 Å². The maximum absolute atomic E-state index is 11.7. The van der Waals surface area contributed by atoms with Gasteiger partial charge in [0.25, 0.3) is 0 Å². The fraction of sp³-hybridized carbons (Fsp3) is 0.462.